The Hall–Kier alpha value is -2.03. The summed E-state index contributed by atoms with van der Waals surface area (Å²) in [5.41, 5.74) is 0.332. The summed E-state index contributed by atoms with van der Waals surface area (Å²) in [4.78, 5) is 5.14. The van der Waals surface area contributed by atoms with Crippen molar-refractivity contribution in [3.63, 3.8) is 0 Å². The Morgan fingerprint density at radius 1 is 0.575 bits per heavy atom. The van der Waals surface area contributed by atoms with E-state index in [1.165, 1.54) is 24.3 Å². The molecular weight excluding hydrogens is 711 g/mol. The zero-order valence-electron chi connectivity index (χ0n) is 24.7. The van der Waals surface area contributed by atoms with E-state index in [-0.39, 0.29) is 22.3 Å². The van der Waals surface area contributed by atoms with Gasteiger partial charge in [-0.25, -0.2) is 0 Å². The van der Waals surface area contributed by atoms with Gasteiger partial charge in [-0.1, -0.05) is 0 Å². The molecule has 0 unspecified atom stereocenters. The maximum atomic E-state index is 17.2. The molecule has 2 nitrogen and oxygen atoms in total. The van der Waals surface area contributed by atoms with E-state index < -0.39 is 62.3 Å². The standard InChI is InChI=1S/2C12H17.C3H4N2.C2H5.2CF3.Au/c2*1-9(2)11-6-5-7-12(8-11)10(3)4;1-2-5-3-4-1;1-2;2*2-1(3)4;/h2*5-7,9-10H,1-4H3;1-2,4-5H;1H2,2H3;;;. The van der Waals surface area contributed by atoms with Crippen molar-refractivity contribution in [3.8, 4) is 0 Å². The number of hydrogen-bond acceptors (Lipinski definition) is 0. The van der Waals surface area contributed by atoms with E-state index in [9.17, 15) is 0 Å². The average molecular weight is 755 g/mol. The van der Waals surface area contributed by atoms with E-state index >= 15 is 26.3 Å². The molecule has 40 heavy (non-hydrogen) atoms. The molecule has 0 radical (unpaired) electrons. The summed E-state index contributed by atoms with van der Waals surface area (Å²) < 4.78 is 88.6. The van der Waals surface area contributed by atoms with Crippen molar-refractivity contribution in [1.29, 1.82) is 0 Å². The molecule has 0 spiro atoms. The van der Waals surface area contributed by atoms with Crippen LogP contribution in [-0.2, 0) is 14.0 Å². The van der Waals surface area contributed by atoms with Crippen molar-refractivity contribution in [2.24, 2.45) is 0 Å². The minimum atomic E-state index is -9.14. The van der Waals surface area contributed by atoms with Crippen LogP contribution in [0.2, 0.25) is 4.64 Å². The Bertz CT molecular complexity index is 1350. The Morgan fingerprint density at radius 3 is 1.05 bits per heavy atom. The molecule has 2 aromatic carbocycles. The molecule has 0 amide bonds. The van der Waals surface area contributed by atoms with Gasteiger partial charge in [-0.05, 0) is 0 Å². The van der Waals surface area contributed by atoms with Crippen LogP contribution in [0.5, 0.6) is 0 Å². The van der Waals surface area contributed by atoms with Gasteiger partial charge in [0.1, 0.15) is 0 Å². The van der Waals surface area contributed by atoms with Crippen LogP contribution in [0.4, 0.5) is 26.3 Å². The van der Waals surface area contributed by atoms with E-state index in [0.29, 0.717) is 0 Å². The Labute approximate surface area is 231 Å². The van der Waals surface area contributed by atoms with Crippen LogP contribution in [-0.4, -0.2) is 18.8 Å². The second kappa shape index (κ2) is 10.1. The zero-order chi connectivity index (χ0) is 30.5. The summed E-state index contributed by atoms with van der Waals surface area (Å²) in [7, 11) is 0. The fourth-order valence-electron chi connectivity index (χ4n) is 5.64. The molecular formula is C31H43AuF6N2. The molecule has 1 heterocycles. The van der Waals surface area contributed by atoms with Gasteiger partial charge in [-0.2, -0.15) is 0 Å². The first-order chi connectivity index (χ1) is 18.3. The quantitative estimate of drug-likeness (QED) is 0.178. The molecule has 3 rings (SSSR count). The van der Waals surface area contributed by atoms with E-state index in [4.69, 9.17) is 0 Å². The third kappa shape index (κ3) is 3.39. The minimum absolute atomic E-state index is 0.0829. The molecule has 0 bridgehead atoms. The van der Waals surface area contributed by atoms with Crippen molar-refractivity contribution in [2.45, 2.75) is 99.4 Å². The zero-order valence-corrected chi connectivity index (χ0v) is 26.9. The second-order valence-corrected chi connectivity index (χ2v) is 27.7. The number of nitrogens with one attached hydrogen (secondary N) is 2. The number of halogens is 6. The van der Waals surface area contributed by atoms with Crippen molar-refractivity contribution in [2.75, 3.05) is 0 Å². The Kier molecular flexibility index (Phi) is 8.17. The van der Waals surface area contributed by atoms with Crippen LogP contribution < -0.4 is 7.56 Å². The van der Waals surface area contributed by atoms with Gasteiger partial charge in [-0.3, -0.25) is 0 Å². The maximum absolute atomic E-state index is 17.2. The van der Waals surface area contributed by atoms with Gasteiger partial charge >= 0.3 is 232 Å². The molecule has 9 heteroatoms. The van der Waals surface area contributed by atoms with Crippen LogP contribution >= 0.6 is 0 Å². The Balaban J connectivity index is 3.33. The predicted molar refractivity (Wildman–Crippen MR) is 149 cm³/mol. The third-order valence-electron chi connectivity index (χ3n) is 7.68. The summed E-state index contributed by atoms with van der Waals surface area (Å²) >= 11 is -9.14. The SMILES string of the molecule is C[CH2][Au]([c]1c(C(C)C)cccc1C(C)C)([c]1c(C(C)C)cccc1C(C)C)(=[c]1[nH]cc[nH]1)([C](F)(F)F)[C](F)(F)F. The summed E-state index contributed by atoms with van der Waals surface area (Å²) in [6, 6.07) is 9.07. The first-order valence-corrected chi connectivity index (χ1v) is 20.4. The van der Waals surface area contributed by atoms with Gasteiger partial charge in [0.2, 0.25) is 0 Å². The molecule has 0 aliphatic heterocycles. The van der Waals surface area contributed by atoms with Crippen molar-refractivity contribution >= 4 is 7.56 Å². The molecule has 0 aliphatic carbocycles. The number of aromatic nitrogens is 2. The first kappa shape index (κ1) is 32.5. The Morgan fingerprint density at radius 2 is 0.850 bits per heavy atom. The molecule has 0 atom stereocenters. The van der Waals surface area contributed by atoms with Gasteiger partial charge < -0.3 is 0 Å². The number of benzene rings is 2. The predicted octanol–water partition coefficient (Wildman–Crippen LogP) is 9.72. The molecule has 230 valence electrons. The fraction of sp³-hybridized carbons (Fsp3) is 0.516. The molecule has 1 aromatic heterocycles. The van der Waals surface area contributed by atoms with Crippen molar-refractivity contribution in [1.82, 2.24) is 9.97 Å². The monoisotopic (exact) mass is 754 g/mol. The number of alkyl halides is 6. The normalized spacial score (nSPS) is 15.3. The van der Waals surface area contributed by atoms with E-state index in [1.807, 2.05) is 0 Å². The molecule has 2 N–H and O–H groups in total. The average Bonchev–Trinajstić information content (AvgIpc) is 3.39. The van der Waals surface area contributed by atoms with Crippen LogP contribution in [0.3, 0.4) is 0 Å². The summed E-state index contributed by atoms with van der Waals surface area (Å²) in [5.74, 6) is -2.43. The number of aromatic amines is 2. The first-order valence-electron chi connectivity index (χ1n) is 13.5. The van der Waals surface area contributed by atoms with Crippen LogP contribution in [0.1, 0.15) is 108 Å². The van der Waals surface area contributed by atoms with E-state index in [1.54, 1.807) is 67.5 Å². The van der Waals surface area contributed by atoms with Gasteiger partial charge in [0.15, 0.2) is 0 Å². The topological polar surface area (TPSA) is 31.6 Å². The molecule has 0 saturated heterocycles. The number of H-pyrrole nitrogens is 2. The van der Waals surface area contributed by atoms with Gasteiger partial charge in [0, 0.05) is 0 Å². The van der Waals surface area contributed by atoms with Gasteiger partial charge in [-0.15, -0.1) is 0 Å². The summed E-state index contributed by atoms with van der Waals surface area (Å²) in [6.07, 6.45) is 2.31. The third-order valence-corrected chi connectivity index (χ3v) is 30.1. The molecule has 3 aromatic rings. The fourth-order valence-corrected chi connectivity index (χ4v) is 27.7. The summed E-state index contributed by atoms with van der Waals surface area (Å²) in [5, 5.41) is 0. The van der Waals surface area contributed by atoms with Crippen LogP contribution in [0, 0.1) is 3.63 Å². The van der Waals surface area contributed by atoms with E-state index in [0.717, 1.165) is 19.3 Å². The van der Waals surface area contributed by atoms with Gasteiger partial charge in [0.25, 0.3) is 0 Å². The van der Waals surface area contributed by atoms with Crippen LogP contribution in [0.15, 0.2) is 48.8 Å². The molecule has 0 aliphatic rings. The molecule has 0 fully saturated rings. The van der Waals surface area contributed by atoms with Gasteiger partial charge in [0.05, 0.1) is 0 Å². The van der Waals surface area contributed by atoms with E-state index in [2.05, 4.69) is 9.97 Å². The van der Waals surface area contributed by atoms with Crippen molar-refractivity contribution in [3.05, 3.63) is 74.7 Å². The number of rotatable bonds is 7. The molecule has 0 saturated carbocycles. The second-order valence-electron chi connectivity index (χ2n) is 11.2. The number of hydrogen-bond donors (Lipinski definition) is 2. The van der Waals surface area contributed by atoms with Crippen LogP contribution in [0.25, 0.3) is 0 Å². The number of imidazole rings is 1. The van der Waals surface area contributed by atoms with Crippen molar-refractivity contribution < 1.29 is 40.4 Å². The summed E-state index contributed by atoms with van der Waals surface area (Å²) in [6.45, 7) is 14.5.